The molecule has 0 fully saturated rings. The molecule has 7 heteroatoms. The van der Waals surface area contributed by atoms with Gasteiger partial charge in [-0.3, -0.25) is 0 Å². The monoisotopic (exact) mass is 283 g/mol. The maximum atomic E-state index is 12.4. The standard InChI is InChI=1S/C12H17N3O3S/c1-3-15(8-4-7-13)19(16,17)10-5-6-11(14)12(9-10)18-2/h5-6,9H,3-4,8,14H2,1-2H3. The van der Waals surface area contributed by atoms with E-state index in [4.69, 9.17) is 15.7 Å². The lowest BCUT2D eigenvalue weighted by Crippen LogP contribution is -2.31. The molecule has 104 valence electrons. The highest BCUT2D eigenvalue weighted by molar-refractivity contribution is 7.89. The van der Waals surface area contributed by atoms with E-state index in [0.29, 0.717) is 18.0 Å². The van der Waals surface area contributed by atoms with Crippen LogP contribution in [0.5, 0.6) is 5.75 Å². The lowest BCUT2D eigenvalue weighted by molar-refractivity contribution is 0.413. The number of nitrogens with two attached hydrogens (primary N) is 1. The molecule has 0 bridgehead atoms. The van der Waals surface area contributed by atoms with Gasteiger partial charge in [0, 0.05) is 25.6 Å². The zero-order valence-electron chi connectivity index (χ0n) is 11.0. The van der Waals surface area contributed by atoms with Crippen molar-refractivity contribution < 1.29 is 13.2 Å². The second kappa shape index (κ2) is 6.41. The Hall–Kier alpha value is -1.78. The van der Waals surface area contributed by atoms with Crippen LogP contribution in [-0.2, 0) is 10.0 Å². The number of nitriles is 1. The Morgan fingerprint density at radius 1 is 1.47 bits per heavy atom. The fraction of sp³-hybridized carbons (Fsp3) is 0.417. The largest absolute Gasteiger partial charge is 0.495 e. The average molecular weight is 283 g/mol. The molecule has 0 aliphatic rings. The fourth-order valence-corrected chi connectivity index (χ4v) is 3.09. The Balaban J connectivity index is 3.15. The van der Waals surface area contributed by atoms with Gasteiger partial charge >= 0.3 is 0 Å². The van der Waals surface area contributed by atoms with Gasteiger partial charge in [-0.1, -0.05) is 6.92 Å². The van der Waals surface area contributed by atoms with E-state index in [9.17, 15) is 8.42 Å². The average Bonchev–Trinajstić information content (AvgIpc) is 2.39. The lowest BCUT2D eigenvalue weighted by atomic mass is 10.3. The predicted molar refractivity (Wildman–Crippen MR) is 72.1 cm³/mol. The van der Waals surface area contributed by atoms with E-state index < -0.39 is 10.0 Å². The number of hydrogen-bond acceptors (Lipinski definition) is 5. The highest BCUT2D eigenvalue weighted by Gasteiger charge is 2.23. The van der Waals surface area contributed by atoms with E-state index in [1.54, 1.807) is 6.92 Å². The van der Waals surface area contributed by atoms with Gasteiger partial charge in [0.05, 0.1) is 23.8 Å². The maximum Gasteiger partial charge on any atom is 0.243 e. The number of methoxy groups -OCH3 is 1. The second-order valence-corrected chi connectivity index (χ2v) is 5.75. The van der Waals surface area contributed by atoms with Crippen molar-refractivity contribution in [3.05, 3.63) is 18.2 Å². The molecule has 0 spiro atoms. The third kappa shape index (κ3) is 3.36. The first-order chi connectivity index (χ1) is 8.97. The molecule has 0 saturated carbocycles. The van der Waals surface area contributed by atoms with E-state index in [0.717, 1.165) is 0 Å². The molecule has 1 rings (SSSR count). The molecule has 0 amide bonds. The number of ether oxygens (including phenoxy) is 1. The van der Waals surface area contributed by atoms with Gasteiger partial charge in [-0.2, -0.15) is 9.57 Å². The quantitative estimate of drug-likeness (QED) is 0.791. The molecule has 19 heavy (non-hydrogen) atoms. The summed E-state index contributed by atoms with van der Waals surface area (Å²) in [6, 6.07) is 6.25. The van der Waals surface area contributed by atoms with Crippen molar-refractivity contribution >= 4 is 15.7 Å². The Morgan fingerprint density at radius 2 is 2.16 bits per heavy atom. The summed E-state index contributed by atoms with van der Waals surface area (Å²) in [5, 5.41) is 8.56. The Bertz CT molecular complexity index is 578. The van der Waals surface area contributed by atoms with Crippen molar-refractivity contribution in [3.8, 4) is 11.8 Å². The number of anilines is 1. The summed E-state index contributed by atoms with van der Waals surface area (Å²) in [5.41, 5.74) is 6.03. The van der Waals surface area contributed by atoms with E-state index in [2.05, 4.69) is 0 Å². The predicted octanol–water partition coefficient (Wildman–Crippen LogP) is 1.20. The molecule has 0 saturated heterocycles. The number of nitrogen functional groups attached to an aromatic ring is 1. The summed E-state index contributed by atoms with van der Waals surface area (Å²) in [5.74, 6) is 0.317. The summed E-state index contributed by atoms with van der Waals surface area (Å²) >= 11 is 0. The highest BCUT2D eigenvalue weighted by Crippen LogP contribution is 2.26. The molecule has 0 unspecified atom stereocenters. The molecule has 0 aliphatic heterocycles. The van der Waals surface area contributed by atoms with Crippen LogP contribution in [0.25, 0.3) is 0 Å². The van der Waals surface area contributed by atoms with Crippen LogP contribution in [0.3, 0.4) is 0 Å². The summed E-state index contributed by atoms with van der Waals surface area (Å²) in [6.07, 6.45) is 0.152. The first-order valence-corrected chi connectivity index (χ1v) is 7.22. The van der Waals surface area contributed by atoms with Gasteiger partial charge in [-0.15, -0.1) is 0 Å². The molecule has 0 heterocycles. The summed E-state index contributed by atoms with van der Waals surface area (Å²) in [7, 11) is -2.20. The SMILES string of the molecule is CCN(CCC#N)S(=O)(=O)c1ccc(N)c(OC)c1. The van der Waals surface area contributed by atoms with Crippen molar-refractivity contribution in [1.82, 2.24) is 4.31 Å². The van der Waals surface area contributed by atoms with Gasteiger partial charge < -0.3 is 10.5 Å². The molecule has 0 aliphatic carbocycles. The van der Waals surface area contributed by atoms with E-state index in [1.807, 2.05) is 6.07 Å². The van der Waals surface area contributed by atoms with Gasteiger partial charge in [0.15, 0.2) is 0 Å². The molecule has 0 atom stereocenters. The topological polar surface area (TPSA) is 96.4 Å². The minimum absolute atomic E-state index is 0.110. The Labute approximate surface area is 113 Å². The van der Waals surface area contributed by atoms with Crippen LogP contribution in [0.2, 0.25) is 0 Å². The molecule has 2 N–H and O–H groups in total. The molecule has 0 aromatic heterocycles. The first kappa shape index (κ1) is 15.3. The molecule has 1 aromatic carbocycles. The minimum atomic E-state index is -3.63. The molecule has 0 radical (unpaired) electrons. The van der Waals surface area contributed by atoms with Crippen LogP contribution >= 0.6 is 0 Å². The highest BCUT2D eigenvalue weighted by atomic mass is 32.2. The summed E-state index contributed by atoms with van der Waals surface area (Å²) in [4.78, 5) is 0.110. The maximum absolute atomic E-state index is 12.4. The number of hydrogen-bond donors (Lipinski definition) is 1. The van der Waals surface area contributed by atoms with Crippen molar-refractivity contribution in [3.63, 3.8) is 0 Å². The summed E-state index contributed by atoms with van der Waals surface area (Å²) < 4.78 is 31.0. The van der Waals surface area contributed by atoms with E-state index >= 15 is 0 Å². The van der Waals surface area contributed by atoms with E-state index in [-0.39, 0.29) is 17.9 Å². The van der Waals surface area contributed by atoms with Gasteiger partial charge in [0.25, 0.3) is 0 Å². The molecule has 6 nitrogen and oxygen atoms in total. The third-order valence-corrected chi connectivity index (χ3v) is 4.64. The molecular formula is C12H17N3O3S. The van der Waals surface area contributed by atoms with Crippen LogP contribution in [-0.4, -0.2) is 32.9 Å². The van der Waals surface area contributed by atoms with Crippen molar-refractivity contribution in [1.29, 1.82) is 5.26 Å². The third-order valence-electron chi connectivity index (χ3n) is 2.67. The van der Waals surface area contributed by atoms with E-state index in [1.165, 1.54) is 29.6 Å². The van der Waals surface area contributed by atoms with Crippen LogP contribution < -0.4 is 10.5 Å². The van der Waals surface area contributed by atoms with Crippen molar-refractivity contribution in [2.75, 3.05) is 25.9 Å². The van der Waals surface area contributed by atoms with Crippen LogP contribution in [0, 0.1) is 11.3 Å². The van der Waals surface area contributed by atoms with Gasteiger partial charge in [-0.05, 0) is 12.1 Å². The van der Waals surface area contributed by atoms with Crippen molar-refractivity contribution in [2.24, 2.45) is 0 Å². The second-order valence-electron chi connectivity index (χ2n) is 3.81. The summed E-state index contributed by atoms with van der Waals surface area (Å²) in [6.45, 7) is 2.20. The fourth-order valence-electron chi connectivity index (χ4n) is 1.62. The molecule has 1 aromatic rings. The number of benzene rings is 1. The minimum Gasteiger partial charge on any atom is -0.495 e. The number of sulfonamides is 1. The number of nitrogens with zero attached hydrogens (tertiary/aromatic N) is 2. The number of rotatable bonds is 6. The first-order valence-electron chi connectivity index (χ1n) is 5.78. The van der Waals surface area contributed by atoms with Crippen LogP contribution in [0.15, 0.2) is 23.1 Å². The zero-order chi connectivity index (χ0) is 14.5. The normalized spacial score (nSPS) is 11.3. The Kier molecular flexibility index (Phi) is 5.15. The van der Waals surface area contributed by atoms with Gasteiger partial charge in [0.2, 0.25) is 10.0 Å². The van der Waals surface area contributed by atoms with Gasteiger partial charge in [-0.25, -0.2) is 8.42 Å². The van der Waals surface area contributed by atoms with Gasteiger partial charge in [0.1, 0.15) is 5.75 Å². The zero-order valence-corrected chi connectivity index (χ0v) is 11.8. The molecular weight excluding hydrogens is 266 g/mol. The lowest BCUT2D eigenvalue weighted by Gasteiger charge is -2.19. The van der Waals surface area contributed by atoms with Crippen LogP contribution in [0.1, 0.15) is 13.3 Å². The Morgan fingerprint density at radius 3 is 2.68 bits per heavy atom. The van der Waals surface area contributed by atoms with Crippen LogP contribution in [0.4, 0.5) is 5.69 Å². The smallest absolute Gasteiger partial charge is 0.243 e. The van der Waals surface area contributed by atoms with Crippen molar-refractivity contribution in [2.45, 2.75) is 18.2 Å².